The highest BCUT2D eigenvalue weighted by atomic mass is 35.5. The van der Waals surface area contributed by atoms with Crippen molar-refractivity contribution in [1.29, 1.82) is 0 Å². The van der Waals surface area contributed by atoms with Crippen molar-refractivity contribution in [3.05, 3.63) is 29.3 Å². The van der Waals surface area contributed by atoms with Crippen LogP contribution in [0.5, 0.6) is 0 Å². The van der Waals surface area contributed by atoms with Gasteiger partial charge in [-0.2, -0.15) is 4.31 Å². The number of sulfone groups is 1. The number of halogens is 1. The molecule has 0 N–H and O–H groups in total. The first-order valence-corrected chi connectivity index (χ1v) is 9.43. The molecule has 0 aliphatic carbocycles. The molecule has 1 aromatic rings. The van der Waals surface area contributed by atoms with E-state index >= 15 is 0 Å². The van der Waals surface area contributed by atoms with Crippen LogP contribution in [-0.4, -0.2) is 45.7 Å². The lowest BCUT2D eigenvalue weighted by molar-refractivity contribution is 0.477. The van der Waals surface area contributed by atoms with Crippen molar-refractivity contribution in [2.45, 2.75) is 16.6 Å². The quantitative estimate of drug-likeness (QED) is 0.836. The maximum absolute atomic E-state index is 12.3. The topological polar surface area (TPSA) is 71.5 Å². The number of rotatable bonds is 3. The molecule has 8 heteroatoms. The fourth-order valence-corrected chi connectivity index (χ4v) is 4.92. The minimum Gasteiger partial charge on any atom is -0.229 e. The molecule has 1 aromatic carbocycles. The summed E-state index contributed by atoms with van der Waals surface area (Å²) >= 11 is 5.78. The van der Waals surface area contributed by atoms with E-state index in [0.29, 0.717) is 11.4 Å². The summed E-state index contributed by atoms with van der Waals surface area (Å²) in [5, 5.41) is -0.290. The monoisotopic (exact) mass is 323 g/mol. The molecule has 106 valence electrons. The largest absolute Gasteiger partial charge is 0.243 e. The molecule has 1 fully saturated rings. The summed E-state index contributed by atoms with van der Waals surface area (Å²) in [5.74, 6) is 0. The molecular formula is C11H14ClNO4S2. The van der Waals surface area contributed by atoms with Gasteiger partial charge >= 0.3 is 0 Å². The van der Waals surface area contributed by atoms with E-state index in [9.17, 15) is 16.8 Å². The molecule has 0 bridgehead atoms. The standard InChI is InChI=1S/C11H14ClNO4S2/c1-18(14,15)11-5-6-13(8-11)19(16,17)10-4-2-3-9(12)7-10/h2-4,7,11H,5-6,8H2,1H3/t11-/m1/s1. The molecule has 0 radical (unpaired) electrons. The predicted molar refractivity (Wildman–Crippen MR) is 73.5 cm³/mol. The van der Waals surface area contributed by atoms with Crippen LogP contribution >= 0.6 is 11.6 Å². The molecule has 5 nitrogen and oxygen atoms in total. The third-order valence-corrected chi connectivity index (χ3v) is 6.84. The van der Waals surface area contributed by atoms with Gasteiger partial charge in [0.15, 0.2) is 9.84 Å². The number of nitrogens with zero attached hydrogens (tertiary/aromatic N) is 1. The first kappa shape index (κ1) is 14.8. The molecule has 0 aromatic heterocycles. The van der Waals surface area contributed by atoms with Gasteiger partial charge in [0.2, 0.25) is 10.0 Å². The van der Waals surface area contributed by atoms with E-state index in [0.717, 1.165) is 6.26 Å². The van der Waals surface area contributed by atoms with E-state index in [1.165, 1.54) is 16.4 Å². The Hall–Kier alpha value is -0.630. The highest BCUT2D eigenvalue weighted by Gasteiger charge is 2.36. The molecule has 0 saturated carbocycles. The van der Waals surface area contributed by atoms with Crippen LogP contribution in [0.4, 0.5) is 0 Å². The lowest BCUT2D eigenvalue weighted by Crippen LogP contribution is -2.31. The van der Waals surface area contributed by atoms with E-state index in [1.54, 1.807) is 12.1 Å². The summed E-state index contributed by atoms with van der Waals surface area (Å²) in [6.07, 6.45) is 1.46. The Balaban J connectivity index is 2.28. The van der Waals surface area contributed by atoms with Crippen molar-refractivity contribution in [2.24, 2.45) is 0 Å². The van der Waals surface area contributed by atoms with Crippen LogP contribution in [0.2, 0.25) is 5.02 Å². The van der Waals surface area contributed by atoms with E-state index < -0.39 is 25.1 Å². The summed E-state index contributed by atoms with van der Waals surface area (Å²) in [6, 6.07) is 5.96. The average Bonchev–Trinajstić information content (AvgIpc) is 2.78. The molecule has 1 aliphatic heterocycles. The van der Waals surface area contributed by atoms with Gasteiger partial charge in [0, 0.05) is 24.4 Å². The molecule has 0 unspecified atom stereocenters. The van der Waals surface area contributed by atoms with Crippen LogP contribution in [0, 0.1) is 0 Å². The fourth-order valence-electron chi connectivity index (χ4n) is 2.04. The summed E-state index contributed by atoms with van der Waals surface area (Å²) in [5.41, 5.74) is 0. The van der Waals surface area contributed by atoms with E-state index in [-0.39, 0.29) is 18.0 Å². The van der Waals surface area contributed by atoms with Gasteiger partial charge in [-0.15, -0.1) is 0 Å². The normalized spacial score (nSPS) is 21.7. The van der Waals surface area contributed by atoms with Gasteiger partial charge in [-0.3, -0.25) is 0 Å². The molecular weight excluding hydrogens is 310 g/mol. The fraction of sp³-hybridized carbons (Fsp3) is 0.455. The summed E-state index contributed by atoms with van der Waals surface area (Å²) in [4.78, 5) is 0.0918. The maximum Gasteiger partial charge on any atom is 0.243 e. The zero-order valence-corrected chi connectivity index (χ0v) is 12.7. The van der Waals surface area contributed by atoms with Crippen LogP contribution in [0.1, 0.15) is 6.42 Å². The molecule has 19 heavy (non-hydrogen) atoms. The second-order valence-corrected chi connectivity index (χ2v) is 9.26. The molecule has 0 amide bonds. The average molecular weight is 324 g/mol. The third kappa shape index (κ3) is 3.10. The van der Waals surface area contributed by atoms with Crippen molar-refractivity contribution in [1.82, 2.24) is 4.31 Å². The molecule has 1 aliphatic rings. The molecule has 1 saturated heterocycles. The van der Waals surface area contributed by atoms with Gasteiger partial charge in [0.1, 0.15) is 0 Å². The number of hydrogen-bond acceptors (Lipinski definition) is 4. The highest BCUT2D eigenvalue weighted by Crippen LogP contribution is 2.25. The molecule has 0 spiro atoms. The van der Waals surface area contributed by atoms with Crippen molar-refractivity contribution >= 4 is 31.5 Å². The van der Waals surface area contributed by atoms with Crippen molar-refractivity contribution in [2.75, 3.05) is 19.3 Å². The third-order valence-electron chi connectivity index (χ3n) is 3.15. The predicted octanol–water partition coefficient (Wildman–Crippen LogP) is 1.15. The van der Waals surface area contributed by atoms with Gasteiger partial charge < -0.3 is 0 Å². The van der Waals surface area contributed by atoms with Crippen LogP contribution in [0.15, 0.2) is 29.2 Å². The van der Waals surface area contributed by atoms with Gasteiger partial charge in [0.25, 0.3) is 0 Å². The molecule has 1 heterocycles. The highest BCUT2D eigenvalue weighted by molar-refractivity contribution is 7.91. The Bertz CT molecular complexity index is 684. The van der Waals surface area contributed by atoms with Crippen LogP contribution in [0.25, 0.3) is 0 Å². The van der Waals surface area contributed by atoms with Gasteiger partial charge in [-0.25, -0.2) is 16.8 Å². The minimum absolute atomic E-state index is 0.00762. The summed E-state index contributed by atoms with van der Waals surface area (Å²) < 4.78 is 48.8. The lowest BCUT2D eigenvalue weighted by atomic mass is 10.4. The van der Waals surface area contributed by atoms with E-state index in [1.807, 2.05) is 0 Å². The van der Waals surface area contributed by atoms with E-state index in [4.69, 9.17) is 11.6 Å². The molecule has 2 rings (SSSR count). The summed E-state index contributed by atoms with van der Waals surface area (Å²) in [7, 11) is -6.89. The smallest absolute Gasteiger partial charge is 0.229 e. The van der Waals surface area contributed by atoms with Crippen LogP contribution in [0.3, 0.4) is 0 Å². The Morgan fingerprint density at radius 3 is 2.47 bits per heavy atom. The van der Waals surface area contributed by atoms with Gasteiger partial charge in [-0.1, -0.05) is 17.7 Å². The Morgan fingerprint density at radius 2 is 1.95 bits per heavy atom. The van der Waals surface area contributed by atoms with Crippen molar-refractivity contribution < 1.29 is 16.8 Å². The van der Waals surface area contributed by atoms with Crippen molar-refractivity contribution in [3.8, 4) is 0 Å². The number of sulfonamides is 1. The Morgan fingerprint density at radius 1 is 1.26 bits per heavy atom. The second kappa shape index (κ2) is 5.05. The minimum atomic E-state index is -3.67. The van der Waals surface area contributed by atoms with Crippen molar-refractivity contribution in [3.63, 3.8) is 0 Å². The number of benzene rings is 1. The van der Waals surface area contributed by atoms with Crippen LogP contribution < -0.4 is 0 Å². The zero-order valence-electron chi connectivity index (χ0n) is 10.3. The maximum atomic E-state index is 12.3. The summed E-state index contributed by atoms with van der Waals surface area (Å²) in [6.45, 7) is 0.222. The Labute approximate surface area is 118 Å². The lowest BCUT2D eigenvalue weighted by Gasteiger charge is -2.16. The van der Waals surface area contributed by atoms with Gasteiger partial charge in [0.05, 0.1) is 10.1 Å². The van der Waals surface area contributed by atoms with E-state index in [2.05, 4.69) is 0 Å². The first-order chi connectivity index (χ1) is 8.71. The van der Waals surface area contributed by atoms with Crippen LogP contribution in [-0.2, 0) is 19.9 Å². The SMILES string of the molecule is CS(=O)(=O)[C@@H]1CCN(S(=O)(=O)c2cccc(Cl)c2)C1. The zero-order chi connectivity index (χ0) is 14.3. The first-order valence-electron chi connectivity index (χ1n) is 5.66. The Kier molecular flexibility index (Phi) is 3.92. The second-order valence-electron chi connectivity index (χ2n) is 4.56. The van der Waals surface area contributed by atoms with Gasteiger partial charge in [-0.05, 0) is 24.6 Å². The number of hydrogen-bond donors (Lipinski definition) is 0. The molecule has 1 atom stereocenters.